The van der Waals surface area contributed by atoms with Crippen LogP contribution in [0.3, 0.4) is 0 Å². The van der Waals surface area contributed by atoms with E-state index in [9.17, 15) is 13.2 Å². The maximum absolute atomic E-state index is 12.7. The third kappa shape index (κ3) is 6.46. The molecule has 3 N–H and O–H groups in total. The van der Waals surface area contributed by atoms with Crippen LogP contribution in [0.4, 0.5) is 13.2 Å². The fraction of sp³-hybridized carbons (Fsp3) is 0.833. The molecule has 0 aromatic rings. The average Bonchev–Trinajstić information content (AvgIpc) is 2.49. The maximum Gasteiger partial charge on any atom is 0.391 e. The molecule has 1 saturated carbocycles. The summed E-state index contributed by atoms with van der Waals surface area (Å²) in [7, 11) is 0. The Balaban J connectivity index is 2.62. The average molecular weight is 347 g/mol. The van der Waals surface area contributed by atoms with Gasteiger partial charge >= 0.3 is 6.18 Å². The van der Waals surface area contributed by atoms with Gasteiger partial charge in [-0.05, 0) is 57.4 Å². The third-order valence-corrected chi connectivity index (χ3v) is 4.71. The van der Waals surface area contributed by atoms with Gasteiger partial charge < -0.3 is 11.1 Å². The molecule has 1 rings (SSSR count). The van der Waals surface area contributed by atoms with E-state index in [2.05, 4.69) is 24.2 Å². The summed E-state index contributed by atoms with van der Waals surface area (Å²) >= 11 is 0. The van der Waals surface area contributed by atoms with E-state index < -0.39 is 12.1 Å². The Morgan fingerprint density at radius 2 is 1.83 bits per heavy atom. The predicted molar refractivity (Wildman–Crippen MR) is 93.8 cm³/mol. The third-order valence-electron chi connectivity index (χ3n) is 4.71. The summed E-state index contributed by atoms with van der Waals surface area (Å²) in [6.45, 7) is 8.77. The van der Waals surface area contributed by atoms with Crippen LogP contribution in [0.25, 0.3) is 0 Å². The van der Waals surface area contributed by atoms with Crippen molar-refractivity contribution in [3.63, 3.8) is 0 Å². The second kappa shape index (κ2) is 9.44. The Bertz CT molecular complexity index is 429. The second-order valence-electron chi connectivity index (χ2n) is 7.18. The summed E-state index contributed by atoms with van der Waals surface area (Å²) in [6, 6.07) is 0.0261. The fourth-order valence-electron chi connectivity index (χ4n) is 3.25. The van der Waals surface area contributed by atoms with Gasteiger partial charge in [-0.2, -0.15) is 13.2 Å². The Morgan fingerprint density at radius 3 is 2.25 bits per heavy atom. The lowest BCUT2D eigenvalue weighted by atomic mass is 9.81. The van der Waals surface area contributed by atoms with Crippen molar-refractivity contribution < 1.29 is 13.2 Å². The van der Waals surface area contributed by atoms with Gasteiger partial charge in [0.15, 0.2) is 0 Å². The maximum atomic E-state index is 12.7. The Hall–Kier alpha value is -1.04. The van der Waals surface area contributed by atoms with Crippen molar-refractivity contribution >= 4 is 6.21 Å². The van der Waals surface area contributed by atoms with Crippen LogP contribution >= 0.6 is 0 Å². The summed E-state index contributed by atoms with van der Waals surface area (Å²) in [5, 5.41) is 3.50. The van der Waals surface area contributed by atoms with Gasteiger partial charge in [0.25, 0.3) is 0 Å². The van der Waals surface area contributed by atoms with Gasteiger partial charge in [0.1, 0.15) is 0 Å². The monoisotopic (exact) mass is 347 g/mol. The van der Waals surface area contributed by atoms with Crippen molar-refractivity contribution in [3.8, 4) is 0 Å². The first-order valence-corrected chi connectivity index (χ1v) is 8.95. The number of nitrogens with two attached hydrogens (primary N) is 1. The summed E-state index contributed by atoms with van der Waals surface area (Å²) in [6.07, 6.45) is 0.381. The van der Waals surface area contributed by atoms with Crippen LogP contribution in [-0.4, -0.2) is 25.0 Å². The molecule has 24 heavy (non-hydrogen) atoms. The van der Waals surface area contributed by atoms with Crippen molar-refractivity contribution in [2.24, 2.45) is 28.5 Å². The number of nitrogens with one attached hydrogen (secondary N) is 1. The van der Waals surface area contributed by atoms with E-state index in [-0.39, 0.29) is 18.9 Å². The molecule has 1 fully saturated rings. The van der Waals surface area contributed by atoms with Gasteiger partial charge in [0.05, 0.1) is 17.7 Å². The molecule has 1 atom stereocenters. The van der Waals surface area contributed by atoms with Crippen LogP contribution in [0.2, 0.25) is 0 Å². The zero-order valence-electron chi connectivity index (χ0n) is 15.3. The van der Waals surface area contributed by atoms with Crippen molar-refractivity contribution in [2.75, 3.05) is 6.54 Å². The van der Waals surface area contributed by atoms with Gasteiger partial charge in [-0.1, -0.05) is 20.8 Å². The molecule has 1 aliphatic carbocycles. The number of aliphatic imine (C=N–C) groups is 1. The lowest BCUT2D eigenvalue weighted by Gasteiger charge is -2.32. The second-order valence-corrected chi connectivity index (χ2v) is 7.18. The van der Waals surface area contributed by atoms with E-state index in [0.717, 1.165) is 12.1 Å². The van der Waals surface area contributed by atoms with Crippen LogP contribution in [0.1, 0.15) is 59.8 Å². The Labute approximate surface area is 144 Å². The van der Waals surface area contributed by atoms with Gasteiger partial charge in [-0.15, -0.1) is 0 Å². The highest BCUT2D eigenvalue weighted by atomic mass is 19.4. The highest BCUT2D eigenvalue weighted by molar-refractivity contribution is 5.58. The van der Waals surface area contributed by atoms with Gasteiger partial charge in [-0.3, -0.25) is 4.99 Å². The van der Waals surface area contributed by atoms with Crippen LogP contribution in [-0.2, 0) is 0 Å². The van der Waals surface area contributed by atoms with Crippen LogP contribution < -0.4 is 11.1 Å². The summed E-state index contributed by atoms with van der Waals surface area (Å²) < 4.78 is 38.2. The van der Waals surface area contributed by atoms with Crippen LogP contribution in [0.5, 0.6) is 0 Å². The molecule has 3 nitrogen and oxygen atoms in total. The Morgan fingerprint density at radius 1 is 1.25 bits per heavy atom. The zero-order valence-corrected chi connectivity index (χ0v) is 15.3. The topological polar surface area (TPSA) is 50.4 Å². The van der Waals surface area contributed by atoms with E-state index in [1.807, 2.05) is 20.1 Å². The van der Waals surface area contributed by atoms with E-state index in [4.69, 9.17) is 5.73 Å². The molecule has 0 radical (unpaired) electrons. The summed E-state index contributed by atoms with van der Waals surface area (Å²) in [5.74, 6) is -0.524. The molecule has 0 aliphatic heterocycles. The first-order valence-electron chi connectivity index (χ1n) is 8.95. The molecule has 0 saturated heterocycles. The zero-order chi connectivity index (χ0) is 18.3. The first kappa shape index (κ1) is 21.0. The number of rotatable bonds is 7. The van der Waals surface area contributed by atoms with E-state index in [1.165, 1.54) is 0 Å². The van der Waals surface area contributed by atoms with E-state index >= 15 is 0 Å². The van der Waals surface area contributed by atoms with E-state index in [1.54, 1.807) is 0 Å². The van der Waals surface area contributed by atoms with Gasteiger partial charge in [0.2, 0.25) is 0 Å². The van der Waals surface area contributed by atoms with E-state index in [0.29, 0.717) is 36.9 Å². The molecular formula is C18H32F3N3. The highest BCUT2D eigenvalue weighted by Gasteiger charge is 2.41. The number of nitrogens with zero attached hydrogens (tertiary/aromatic N) is 1. The number of allylic oxidation sites excluding steroid dienone is 1. The Kier molecular flexibility index (Phi) is 8.27. The largest absolute Gasteiger partial charge is 0.401 e. The summed E-state index contributed by atoms with van der Waals surface area (Å²) in [4.78, 5) is 4.49. The molecule has 0 aromatic carbocycles. The standard InChI is InChI=1S/C18H32F3N3/c1-5-10-23-17(13(4)22)16(12(2)3)24-11-14-6-8-15(9-7-14)18(19,20)21/h10,12,14-16,24H,5-9,11,22H2,1-4H3/b17-13-,23-10?/t14?,15?,16-/m0/s1. The molecule has 1 aliphatic rings. The number of alkyl halides is 3. The number of hydrogen-bond acceptors (Lipinski definition) is 3. The van der Waals surface area contributed by atoms with Crippen LogP contribution in [0, 0.1) is 17.8 Å². The smallest absolute Gasteiger partial charge is 0.391 e. The highest BCUT2D eigenvalue weighted by Crippen LogP contribution is 2.39. The molecule has 140 valence electrons. The molecule has 0 unspecified atom stereocenters. The number of hydrogen-bond donors (Lipinski definition) is 2. The molecule has 0 amide bonds. The quantitative estimate of drug-likeness (QED) is 0.659. The molecule has 0 bridgehead atoms. The first-order chi connectivity index (χ1) is 11.2. The lowest BCUT2D eigenvalue weighted by molar-refractivity contribution is -0.183. The number of halogens is 3. The van der Waals surface area contributed by atoms with Gasteiger partial charge in [0, 0.05) is 11.9 Å². The predicted octanol–water partition coefficient (Wildman–Crippen LogP) is 4.64. The van der Waals surface area contributed by atoms with Crippen molar-refractivity contribution in [3.05, 3.63) is 11.4 Å². The van der Waals surface area contributed by atoms with Crippen molar-refractivity contribution in [1.82, 2.24) is 5.32 Å². The van der Waals surface area contributed by atoms with Gasteiger partial charge in [-0.25, -0.2) is 0 Å². The molecule has 6 heteroatoms. The molecule has 0 spiro atoms. The van der Waals surface area contributed by atoms with Crippen molar-refractivity contribution in [1.29, 1.82) is 0 Å². The molecule has 0 aromatic heterocycles. The molecule has 0 heterocycles. The minimum Gasteiger partial charge on any atom is -0.401 e. The van der Waals surface area contributed by atoms with Crippen molar-refractivity contribution in [2.45, 2.75) is 72.0 Å². The molecular weight excluding hydrogens is 315 g/mol. The SMILES string of the molecule is CCC=N/C(=C(/C)N)[C@@H](NCC1CCC(C(F)(F)F)CC1)C(C)C. The summed E-state index contributed by atoms with van der Waals surface area (Å²) in [5.41, 5.74) is 7.52. The van der Waals surface area contributed by atoms with Crippen LogP contribution in [0.15, 0.2) is 16.4 Å². The lowest BCUT2D eigenvalue weighted by Crippen LogP contribution is -2.40. The minimum atomic E-state index is -4.04. The fourth-order valence-corrected chi connectivity index (χ4v) is 3.25. The normalized spacial score (nSPS) is 25.2. The minimum absolute atomic E-state index is 0.0261.